The van der Waals surface area contributed by atoms with Crippen LogP contribution in [0.15, 0.2) is 42.5 Å². The number of carbonyl (C=O) groups excluding carboxylic acids is 1. The predicted molar refractivity (Wildman–Crippen MR) is 83.9 cm³/mol. The van der Waals surface area contributed by atoms with Crippen molar-refractivity contribution in [3.63, 3.8) is 0 Å². The second kappa shape index (κ2) is 6.90. The van der Waals surface area contributed by atoms with Gasteiger partial charge in [-0.1, -0.05) is 35.9 Å². The summed E-state index contributed by atoms with van der Waals surface area (Å²) in [6.45, 7) is 2.96. The largest absolute Gasteiger partial charge is 0.398 e. The fraction of sp³-hybridized carbons (Fsp3) is 0.235. The molecule has 0 aliphatic carbocycles. The minimum Gasteiger partial charge on any atom is -0.398 e. The molecule has 2 aromatic rings. The Labute approximate surface area is 124 Å². The van der Waals surface area contributed by atoms with Gasteiger partial charge in [0.05, 0.1) is 12.2 Å². The van der Waals surface area contributed by atoms with E-state index >= 15 is 0 Å². The zero-order chi connectivity index (χ0) is 15.2. The average Bonchev–Trinajstić information content (AvgIpc) is 2.48. The summed E-state index contributed by atoms with van der Waals surface area (Å²) in [6, 6.07) is 13.4. The molecule has 0 spiro atoms. The van der Waals surface area contributed by atoms with Crippen molar-refractivity contribution in [2.75, 3.05) is 12.8 Å². The van der Waals surface area contributed by atoms with E-state index in [-0.39, 0.29) is 5.91 Å². The highest BCUT2D eigenvalue weighted by atomic mass is 16.5. The van der Waals surface area contributed by atoms with Crippen molar-refractivity contribution in [3.05, 3.63) is 64.7 Å². The Balaban J connectivity index is 2.04. The molecule has 0 fully saturated rings. The number of nitrogens with two attached hydrogens (primary N) is 1. The van der Waals surface area contributed by atoms with Crippen molar-refractivity contribution in [2.45, 2.75) is 20.1 Å². The number of hydrogen-bond acceptors (Lipinski definition) is 3. The third kappa shape index (κ3) is 4.07. The quantitative estimate of drug-likeness (QED) is 0.830. The Morgan fingerprint density at radius 1 is 1.19 bits per heavy atom. The van der Waals surface area contributed by atoms with Gasteiger partial charge < -0.3 is 15.8 Å². The molecule has 0 atom stereocenters. The number of rotatable bonds is 5. The van der Waals surface area contributed by atoms with Gasteiger partial charge >= 0.3 is 0 Å². The smallest absolute Gasteiger partial charge is 0.253 e. The molecule has 2 aromatic carbocycles. The molecule has 0 aliphatic heterocycles. The van der Waals surface area contributed by atoms with Crippen LogP contribution in [0, 0.1) is 6.92 Å². The number of aryl methyl sites for hydroxylation is 1. The molecule has 4 heteroatoms. The Morgan fingerprint density at radius 3 is 2.71 bits per heavy atom. The number of methoxy groups -OCH3 is 1. The molecule has 0 radical (unpaired) electrons. The van der Waals surface area contributed by atoms with Gasteiger partial charge in [-0.15, -0.1) is 0 Å². The molecule has 0 heterocycles. The molecule has 0 aliphatic rings. The van der Waals surface area contributed by atoms with Gasteiger partial charge in [0, 0.05) is 19.3 Å². The van der Waals surface area contributed by atoms with Crippen molar-refractivity contribution in [3.8, 4) is 0 Å². The highest BCUT2D eigenvalue weighted by Crippen LogP contribution is 2.14. The van der Waals surface area contributed by atoms with E-state index in [0.717, 1.165) is 16.7 Å². The number of amides is 1. The van der Waals surface area contributed by atoms with Gasteiger partial charge in [0.15, 0.2) is 0 Å². The third-order valence-electron chi connectivity index (χ3n) is 3.21. The zero-order valence-electron chi connectivity index (χ0n) is 12.3. The first-order chi connectivity index (χ1) is 10.1. The van der Waals surface area contributed by atoms with Crippen LogP contribution in [0.2, 0.25) is 0 Å². The number of nitrogens with one attached hydrogen (secondary N) is 1. The fourth-order valence-corrected chi connectivity index (χ4v) is 2.14. The summed E-state index contributed by atoms with van der Waals surface area (Å²) >= 11 is 0. The van der Waals surface area contributed by atoms with Gasteiger partial charge in [0.2, 0.25) is 0 Å². The van der Waals surface area contributed by atoms with Crippen LogP contribution in [-0.2, 0) is 17.9 Å². The highest BCUT2D eigenvalue weighted by Gasteiger charge is 2.09. The van der Waals surface area contributed by atoms with Gasteiger partial charge in [-0.2, -0.15) is 0 Å². The summed E-state index contributed by atoms with van der Waals surface area (Å²) in [7, 11) is 1.66. The maximum Gasteiger partial charge on any atom is 0.253 e. The molecule has 2 rings (SSSR count). The maximum atomic E-state index is 12.2. The van der Waals surface area contributed by atoms with Crippen LogP contribution >= 0.6 is 0 Å². The fourth-order valence-electron chi connectivity index (χ4n) is 2.14. The summed E-state index contributed by atoms with van der Waals surface area (Å²) in [5, 5.41) is 2.89. The van der Waals surface area contributed by atoms with E-state index in [4.69, 9.17) is 10.5 Å². The van der Waals surface area contributed by atoms with Gasteiger partial charge in [0.25, 0.3) is 5.91 Å². The minimum atomic E-state index is -0.159. The second-order valence-electron chi connectivity index (χ2n) is 5.03. The lowest BCUT2D eigenvalue weighted by molar-refractivity contribution is 0.0951. The minimum absolute atomic E-state index is 0.159. The highest BCUT2D eigenvalue weighted by molar-refractivity contribution is 5.99. The standard InChI is InChI=1S/C17H20N2O2/c1-12-6-7-16(18)15(8-12)17(20)19-10-13-4-3-5-14(9-13)11-21-2/h3-9H,10-11,18H2,1-2H3,(H,19,20). The molecule has 0 bridgehead atoms. The molecule has 0 aromatic heterocycles. The van der Waals surface area contributed by atoms with E-state index in [9.17, 15) is 4.79 Å². The van der Waals surface area contributed by atoms with Crippen LogP contribution in [0.5, 0.6) is 0 Å². The maximum absolute atomic E-state index is 12.2. The molecule has 3 N–H and O–H groups in total. The Bertz CT molecular complexity index is 638. The van der Waals surface area contributed by atoms with E-state index < -0.39 is 0 Å². The Kier molecular flexibility index (Phi) is 4.95. The topological polar surface area (TPSA) is 64.3 Å². The Morgan fingerprint density at radius 2 is 1.95 bits per heavy atom. The van der Waals surface area contributed by atoms with Crippen molar-refractivity contribution in [1.82, 2.24) is 5.32 Å². The Hall–Kier alpha value is -2.33. The number of nitrogen functional groups attached to an aromatic ring is 1. The van der Waals surface area contributed by atoms with E-state index in [1.165, 1.54) is 0 Å². The monoisotopic (exact) mass is 284 g/mol. The lowest BCUT2D eigenvalue weighted by Crippen LogP contribution is -2.24. The number of hydrogen-bond donors (Lipinski definition) is 2. The molecule has 4 nitrogen and oxygen atoms in total. The number of carbonyl (C=O) groups is 1. The first-order valence-corrected chi connectivity index (χ1v) is 6.81. The molecule has 1 amide bonds. The summed E-state index contributed by atoms with van der Waals surface area (Å²) in [6.07, 6.45) is 0. The van der Waals surface area contributed by atoms with E-state index in [0.29, 0.717) is 24.4 Å². The van der Waals surface area contributed by atoms with E-state index in [1.807, 2.05) is 37.3 Å². The predicted octanol–water partition coefficient (Wildman–Crippen LogP) is 2.65. The van der Waals surface area contributed by atoms with Crippen LogP contribution < -0.4 is 11.1 Å². The molecular weight excluding hydrogens is 264 g/mol. The van der Waals surface area contributed by atoms with Crippen LogP contribution in [-0.4, -0.2) is 13.0 Å². The first-order valence-electron chi connectivity index (χ1n) is 6.81. The van der Waals surface area contributed by atoms with Crippen molar-refractivity contribution in [2.24, 2.45) is 0 Å². The molecule has 0 unspecified atom stereocenters. The summed E-state index contributed by atoms with van der Waals surface area (Å²) in [4.78, 5) is 12.2. The average molecular weight is 284 g/mol. The number of ether oxygens (including phenoxy) is 1. The van der Waals surface area contributed by atoms with Gasteiger partial charge in [-0.3, -0.25) is 4.79 Å². The van der Waals surface area contributed by atoms with Crippen LogP contribution in [0.3, 0.4) is 0 Å². The molecule has 110 valence electrons. The van der Waals surface area contributed by atoms with Crippen LogP contribution in [0.1, 0.15) is 27.0 Å². The summed E-state index contributed by atoms with van der Waals surface area (Å²) in [5.74, 6) is -0.159. The molecule has 21 heavy (non-hydrogen) atoms. The molecular formula is C17H20N2O2. The van der Waals surface area contributed by atoms with Crippen molar-refractivity contribution in [1.29, 1.82) is 0 Å². The lowest BCUT2D eigenvalue weighted by atomic mass is 10.1. The van der Waals surface area contributed by atoms with Crippen LogP contribution in [0.25, 0.3) is 0 Å². The zero-order valence-corrected chi connectivity index (χ0v) is 12.3. The van der Waals surface area contributed by atoms with Crippen molar-refractivity contribution < 1.29 is 9.53 Å². The van der Waals surface area contributed by atoms with E-state index in [1.54, 1.807) is 19.2 Å². The van der Waals surface area contributed by atoms with E-state index in [2.05, 4.69) is 5.32 Å². The van der Waals surface area contributed by atoms with Gasteiger partial charge in [-0.25, -0.2) is 0 Å². The summed E-state index contributed by atoms with van der Waals surface area (Å²) < 4.78 is 5.10. The van der Waals surface area contributed by atoms with Crippen molar-refractivity contribution >= 4 is 11.6 Å². The second-order valence-corrected chi connectivity index (χ2v) is 5.03. The lowest BCUT2D eigenvalue weighted by Gasteiger charge is -2.09. The molecule has 0 saturated heterocycles. The number of benzene rings is 2. The normalized spacial score (nSPS) is 10.4. The number of anilines is 1. The molecule has 0 saturated carbocycles. The van der Waals surface area contributed by atoms with Gasteiger partial charge in [-0.05, 0) is 30.2 Å². The third-order valence-corrected chi connectivity index (χ3v) is 3.21. The van der Waals surface area contributed by atoms with Crippen LogP contribution in [0.4, 0.5) is 5.69 Å². The SMILES string of the molecule is COCc1cccc(CNC(=O)c2cc(C)ccc2N)c1. The first kappa shape index (κ1) is 15.1. The summed E-state index contributed by atoms with van der Waals surface area (Å²) in [5.41, 5.74) is 9.98. The van der Waals surface area contributed by atoms with Gasteiger partial charge in [0.1, 0.15) is 0 Å².